The Labute approximate surface area is 219 Å². The van der Waals surface area contributed by atoms with Gasteiger partial charge in [0.05, 0.1) is 24.7 Å². The summed E-state index contributed by atoms with van der Waals surface area (Å²) in [6.07, 6.45) is 7.59. The highest BCUT2D eigenvalue weighted by Gasteiger charge is 2.42. The topological polar surface area (TPSA) is 82.2 Å². The number of hydrogen-bond acceptors (Lipinski definition) is 6. The number of methoxy groups -OCH3 is 1. The average molecular weight is 539 g/mol. The molecule has 6 nitrogen and oxygen atoms in total. The molecule has 36 heavy (non-hydrogen) atoms. The number of carbonyl (C=O) groups is 1. The number of esters is 1. The molecule has 1 aromatic carbocycles. The molecule has 0 N–H and O–H groups in total. The van der Waals surface area contributed by atoms with Crippen molar-refractivity contribution in [2.24, 2.45) is 0 Å². The minimum atomic E-state index is -3.75. The summed E-state index contributed by atoms with van der Waals surface area (Å²) >= 11 is 0. The number of unbranched alkanes of at least 4 members (excludes halogenated alkanes) is 5. The standard InChI is InChI=1S/C28H46O6SSi/c1-22(21-33-36(6,7)28(2,3)4)26-24(34-26)19-15-10-8-9-11-16-20-25(27(29)32-5)35(30,31)23-17-13-12-14-18-23/h12-14,17-18,24-26H,1,8-11,15-16,19-21H2,2-7H3/t24-,25?,26-/m0/s1. The van der Waals surface area contributed by atoms with Gasteiger partial charge in [-0.3, -0.25) is 4.79 Å². The second kappa shape index (κ2) is 13.4. The summed E-state index contributed by atoms with van der Waals surface area (Å²) in [5.41, 5.74) is 1.05. The largest absolute Gasteiger partial charge is 0.468 e. The van der Waals surface area contributed by atoms with E-state index in [2.05, 4.69) is 40.4 Å². The molecule has 3 atom stereocenters. The Balaban J connectivity index is 1.61. The average Bonchev–Trinajstić information content (AvgIpc) is 3.60. The Hall–Kier alpha value is -1.48. The molecular weight excluding hydrogens is 492 g/mol. The monoisotopic (exact) mass is 538 g/mol. The van der Waals surface area contributed by atoms with Crippen LogP contribution < -0.4 is 0 Å². The van der Waals surface area contributed by atoms with Crippen molar-refractivity contribution in [2.75, 3.05) is 13.7 Å². The van der Waals surface area contributed by atoms with Gasteiger partial charge in [0.15, 0.2) is 23.4 Å². The van der Waals surface area contributed by atoms with Crippen LogP contribution in [0.25, 0.3) is 0 Å². The fourth-order valence-electron chi connectivity index (χ4n) is 3.98. The molecule has 1 saturated heterocycles. The van der Waals surface area contributed by atoms with Crippen LogP contribution in [-0.2, 0) is 28.5 Å². The first-order chi connectivity index (χ1) is 16.8. The van der Waals surface area contributed by atoms with E-state index in [0.29, 0.717) is 13.0 Å². The second-order valence-electron chi connectivity index (χ2n) is 11.4. The lowest BCUT2D eigenvalue weighted by Gasteiger charge is -2.36. The number of epoxide rings is 1. The lowest BCUT2D eigenvalue weighted by atomic mass is 10.0. The molecular formula is C28H46O6SSi. The van der Waals surface area contributed by atoms with E-state index < -0.39 is 29.4 Å². The maximum Gasteiger partial charge on any atom is 0.324 e. The first-order valence-electron chi connectivity index (χ1n) is 13.1. The molecule has 1 aliphatic heterocycles. The summed E-state index contributed by atoms with van der Waals surface area (Å²) in [5.74, 6) is -0.686. The van der Waals surface area contributed by atoms with Crippen molar-refractivity contribution in [1.29, 1.82) is 0 Å². The van der Waals surface area contributed by atoms with Crippen LogP contribution in [0.1, 0.15) is 72.1 Å². The van der Waals surface area contributed by atoms with Crippen LogP contribution in [0.2, 0.25) is 18.1 Å². The molecule has 0 spiro atoms. The third-order valence-corrected chi connectivity index (χ3v) is 14.1. The zero-order chi connectivity index (χ0) is 27.0. The molecule has 1 aromatic rings. The van der Waals surface area contributed by atoms with Crippen LogP contribution in [0.4, 0.5) is 0 Å². The molecule has 1 heterocycles. The van der Waals surface area contributed by atoms with E-state index in [-0.39, 0.29) is 28.6 Å². The van der Waals surface area contributed by atoms with Crippen molar-refractivity contribution >= 4 is 24.1 Å². The van der Waals surface area contributed by atoms with Gasteiger partial charge in [-0.1, -0.05) is 84.1 Å². The van der Waals surface area contributed by atoms with E-state index in [1.165, 1.54) is 19.2 Å². The van der Waals surface area contributed by atoms with E-state index in [9.17, 15) is 13.2 Å². The summed E-state index contributed by atoms with van der Waals surface area (Å²) in [6.45, 7) is 16.0. The fourth-order valence-corrected chi connectivity index (χ4v) is 6.65. The molecule has 204 valence electrons. The van der Waals surface area contributed by atoms with Gasteiger partial charge in [-0.25, -0.2) is 8.42 Å². The molecule has 0 amide bonds. The van der Waals surface area contributed by atoms with Gasteiger partial charge in [0.25, 0.3) is 0 Å². The van der Waals surface area contributed by atoms with Gasteiger partial charge in [-0.05, 0) is 48.7 Å². The number of ether oxygens (including phenoxy) is 2. The smallest absolute Gasteiger partial charge is 0.324 e. The zero-order valence-electron chi connectivity index (χ0n) is 23.0. The van der Waals surface area contributed by atoms with Crippen LogP contribution in [0.5, 0.6) is 0 Å². The van der Waals surface area contributed by atoms with Crippen LogP contribution in [0.15, 0.2) is 47.4 Å². The maximum absolute atomic E-state index is 12.9. The molecule has 1 unspecified atom stereocenters. The van der Waals surface area contributed by atoms with E-state index in [4.69, 9.17) is 13.9 Å². The Bertz CT molecular complexity index is 952. The third kappa shape index (κ3) is 8.82. The molecule has 0 bridgehead atoms. The summed E-state index contributed by atoms with van der Waals surface area (Å²) < 4.78 is 42.7. The molecule has 0 radical (unpaired) electrons. The number of sulfone groups is 1. The van der Waals surface area contributed by atoms with Gasteiger partial charge in [0, 0.05) is 0 Å². The number of rotatable bonds is 16. The van der Waals surface area contributed by atoms with E-state index in [1.807, 2.05) is 0 Å². The molecule has 0 aromatic heterocycles. The fraction of sp³-hybridized carbons (Fsp3) is 0.679. The van der Waals surface area contributed by atoms with Crippen molar-refractivity contribution in [1.82, 2.24) is 0 Å². The van der Waals surface area contributed by atoms with Crippen molar-refractivity contribution < 1.29 is 27.1 Å². The zero-order valence-corrected chi connectivity index (χ0v) is 24.9. The predicted octanol–water partition coefficient (Wildman–Crippen LogP) is 6.47. The SMILES string of the molecule is C=C(CO[Si](C)(C)C(C)(C)C)[C@@H]1O[C@H]1CCCCCCCCC(C(=O)OC)S(=O)(=O)c1ccccc1. The predicted molar refractivity (Wildman–Crippen MR) is 147 cm³/mol. The Morgan fingerprint density at radius 3 is 2.22 bits per heavy atom. The quantitative estimate of drug-likeness (QED) is 0.0789. The summed E-state index contributed by atoms with van der Waals surface area (Å²) in [5, 5.41) is -0.962. The normalized spacial score (nSPS) is 19.1. The van der Waals surface area contributed by atoms with Gasteiger partial charge < -0.3 is 13.9 Å². The second-order valence-corrected chi connectivity index (χ2v) is 18.3. The molecule has 0 saturated carbocycles. The van der Waals surface area contributed by atoms with Crippen molar-refractivity contribution in [2.45, 2.75) is 113 Å². The first kappa shape index (κ1) is 30.7. The minimum absolute atomic E-state index is 0.136. The number of benzene rings is 1. The van der Waals surface area contributed by atoms with Gasteiger partial charge in [0.1, 0.15) is 6.10 Å². The summed E-state index contributed by atoms with van der Waals surface area (Å²) in [7, 11) is -4.29. The van der Waals surface area contributed by atoms with Crippen LogP contribution in [-0.4, -0.2) is 53.9 Å². The van der Waals surface area contributed by atoms with Crippen LogP contribution >= 0.6 is 0 Å². The number of hydrogen-bond donors (Lipinski definition) is 0. The lowest BCUT2D eigenvalue weighted by Crippen LogP contribution is -2.41. The molecule has 1 fully saturated rings. The van der Waals surface area contributed by atoms with E-state index in [0.717, 1.165) is 44.1 Å². The highest BCUT2D eigenvalue weighted by molar-refractivity contribution is 7.92. The van der Waals surface area contributed by atoms with Gasteiger partial charge in [-0.2, -0.15) is 0 Å². The maximum atomic E-state index is 12.9. The van der Waals surface area contributed by atoms with Crippen molar-refractivity contribution in [3.05, 3.63) is 42.5 Å². The van der Waals surface area contributed by atoms with Crippen LogP contribution in [0, 0.1) is 0 Å². The molecule has 0 aliphatic carbocycles. The van der Waals surface area contributed by atoms with E-state index in [1.54, 1.807) is 18.2 Å². The summed E-state index contributed by atoms with van der Waals surface area (Å²) in [6, 6.07) is 8.12. The lowest BCUT2D eigenvalue weighted by molar-refractivity contribution is -0.140. The van der Waals surface area contributed by atoms with E-state index >= 15 is 0 Å². The van der Waals surface area contributed by atoms with Crippen LogP contribution in [0.3, 0.4) is 0 Å². The highest BCUT2D eigenvalue weighted by atomic mass is 32.2. The molecule has 2 rings (SSSR count). The minimum Gasteiger partial charge on any atom is -0.468 e. The van der Waals surface area contributed by atoms with Crippen molar-refractivity contribution in [3.63, 3.8) is 0 Å². The first-order valence-corrected chi connectivity index (χ1v) is 17.6. The Kier molecular flexibility index (Phi) is 11.4. The summed E-state index contributed by atoms with van der Waals surface area (Å²) in [4.78, 5) is 12.4. The molecule has 8 heteroatoms. The van der Waals surface area contributed by atoms with Gasteiger partial charge in [-0.15, -0.1) is 0 Å². The van der Waals surface area contributed by atoms with Gasteiger partial charge in [0.2, 0.25) is 0 Å². The molecule has 1 aliphatic rings. The third-order valence-electron chi connectivity index (χ3n) is 7.52. The highest BCUT2D eigenvalue weighted by Crippen LogP contribution is 2.38. The Morgan fingerprint density at radius 2 is 1.64 bits per heavy atom. The van der Waals surface area contributed by atoms with Crippen molar-refractivity contribution in [3.8, 4) is 0 Å². The number of carbonyl (C=O) groups excluding carboxylic acids is 1. The van der Waals surface area contributed by atoms with Gasteiger partial charge >= 0.3 is 5.97 Å². The Morgan fingerprint density at radius 1 is 1.06 bits per heavy atom.